The van der Waals surface area contributed by atoms with Gasteiger partial charge in [0.15, 0.2) is 0 Å². The monoisotopic (exact) mass is 232 g/mol. The Hall–Kier alpha value is -0.220. The number of carbonyl (C=O) groups excluding carboxylic acids is 1. The van der Waals surface area contributed by atoms with E-state index in [2.05, 4.69) is 25.4 Å². The van der Waals surface area contributed by atoms with E-state index < -0.39 is 0 Å². The number of carbonyl (C=O) groups is 1. The van der Waals surface area contributed by atoms with Crippen LogP contribution in [-0.2, 0) is 4.79 Å². The maximum absolute atomic E-state index is 11.6. The van der Waals surface area contributed by atoms with Gasteiger partial charge in [-0.05, 0) is 31.3 Å². The Morgan fingerprint density at radius 3 is 2.53 bits per heavy atom. The minimum atomic E-state index is -0.267. The molecule has 0 bridgehead atoms. The largest absolute Gasteiger partial charge is 0.349 e. The van der Waals surface area contributed by atoms with Gasteiger partial charge in [0.05, 0.1) is 5.54 Å². The summed E-state index contributed by atoms with van der Waals surface area (Å²) in [6.45, 7) is 6.65. The Kier molecular flexibility index (Phi) is 7.02. The Bertz CT molecular complexity index is 197. The molecule has 0 saturated carbocycles. The molecule has 0 aliphatic rings. The van der Waals surface area contributed by atoms with E-state index in [-0.39, 0.29) is 11.4 Å². The van der Waals surface area contributed by atoms with Crippen molar-refractivity contribution in [2.45, 2.75) is 39.2 Å². The predicted octanol–water partition coefficient (Wildman–Crippen LogP) is 1.62. The van der Waals surface area contributed by atoms with Crippen molar-refractivity contribution in [3.05, 3.63) is 0 Å². The zero-order chi connectivity index (χ0) is 11.9. The molecule has 0 heterocycles. The summed E-state index contributed by atoms with van der Waals surface area (Å²) in [6, 6.07) is 0. The standard InChI is InChI=1S/C11H24N2OS/c1-9(2)11(3,8-12)13-10(14)6-5-7-15-4/h9H,5-8,12H2,1-4H3,(H,13,14). The fraction of sp³-hybridized carbons (Fsp3) is 0.909. The minimum absolute atomic E-state index is 0.116. The SMILES string of the molecule is CSCCCC(=O)NC(C)(CN)C(C)C. The molecular formula is C11H24N2OS. The Balaban J connectivity index is 4.02. The highest BCUT2D eigenvalue weighted by molar-refractivity contribution is 7.98. The first-order valence-electron chi connectivity index (χ1n) is 5.46. The third kappa shape index (κ3) is 5.42. The fourth-order valence-corrected chi connectivity index (χ4v) is 1.62. The molecule has 90 valence electrons. The van der Waals surface area contributed by atoms with Crippen molar-refractivity contribution in [2.24, 2.45) is 11.7 Å². The fourth-order valence-electron chi connectivity index (χ4n) is 1.19. The molecule has 0 aromatic heterocycles. The highest BCUT2D eigenvalue weighted by Gasteiger charge is 2.27. The number of hydrogen-bond donors (Lipinski definition) is 2. The van der Waals surface area contributed by atoms with E-state index in [0.717, 1.165) is 12.2 Å². The molecule has 0 radical (unpaired) electrons. The van der Waals surface area contributed by atoms with Crippen molar-refractivity contribution in [3.8, 4) is 0 Å². The summed E-state index contributed by atoms with van der Waals surface area (Å²) in [4.78, 5) is 11.6. The van der Waals surface area contributed by atoms with Crippen LogP contribution in [0.25, 0.3) is 0 Å². The normalized spacial score (nSPS) is 15.1. The van der Waals surface area contributed by atoms with Gasteiger partial charge in [0.1, 0.15) is 0 Å². The molecule has 3 N–H and O–H groups in total. The maximum atomic E-state index is 11.6. The van der Waals surface area contributed by atoms with E-state index in [4.69, 9.17) is 5.73 Å². The number of amides is 1. The summed E-state index contributed by atoms with van der Waals surface area (Å²) in [5.74, 6) is 1.51. The molecule has 3 nitrogen and oxygen atoms in total. The number of nitrogens with two attached hydrogens (primary N) is 1. The molecule has 0 spiro atoms. The lowest BCUT2D eigenvalue weighted by molar-refractivity contribution is -0.123. The van der Waals surface area contributed by atoms with Crippen LogP contribution < -0.4 is 11.1 Å². The van der Waals surface area contributed by atoms with Crippen molar-refractivity contribution >= 4 is 17.7 Å². The topological polar surface area (TPSA) is 55.1 Å². The summed E-state index contributed by atoms with van der Waals surface area (Å²) >= 11 is 1.77. The number of hydrogen-bond acceptors (Lipinski definition) is 3. The van der Waals surface area contributed by atoms with E-state index in [9.17, 15) is 4.79 Å². The van der Waals surface area contributed by atoms with Crippen molar-refractivity contribution < 1.29 is 4.79 Å². The van der Waals surface area contributed by atoms with E-state index in [0.29, 0.717) is 18.9 Å². The van der Waals surface area contributed by atoms with Crippen LogP contribution in [0.4, 0.5) is 0 Å². The first-order chi connectivity index (χ1) is 6.96. The lowest BCUT2D eigenvalue weighted by Crippen LogP contribution is -2.54. The highest BCUT2D eigenvalue weighted by atomic mass is 32.2. The van der Waals surface area contributed by atoms with Crippen molar-refractivity contribution in [1.29, 1.82) is 0 Å². The molecule has 0 aromatic carbocycles. The van der Waals surface area contributed by atoms with Crippen molar-refractivity contribution in [3.63, 3.8) is 0 Å². The van der Waals surface area contributed by atoms with Gasteiger partial charge in [-0.25, -0.2) is 0 Å². The van der Waals surface area contributed by atoms with E-state index in [1.165, 1.54) is 0 Å². The lowest BCUT2D eigenvalue weighted by atomic mass is 9.88. The highest BCUT2D eigenvalue weighted by Crippen LogP contribution is 2.15. The third-order valence-corrected chi connectivity index (χ3v) is 3.57. The van der Waals surface area contributed by atoms with Gasteiger partial charge in [-0.1, -0.05) is 13.8 Å². The minimum Gasteiger partial charge on any atom is -0.349 e. The van der Waals surface area contributed by atoms with Crippen molar-refractivity contribution in [2.75, 3.05) is 18.6 Å². The predicted molar refractivity (Wildman–Crippen MR) is 68.1 cm³/mol. The first kappa shape index (κ1) is 14.8. The zero-order valence-electron chi connectivity index (χ0n) is 10.3. The Morgan fingerprint density at radius 2 is 2.13 bits per heavy atom. The molecule has 0 aromatic rings. The molecule has 0 aliphatic heterocycles. The zero-order valence-corrected chi connectivity index (χ0v) is 11.1. The van der Waals surface area contributed by atoms with Gasteiger partial charge in [-0.2, -0.15) is 11.8 Å². The van der Waals surface area contributed by atoms with Gasteiger partial charge < -0.3 is 11.1 Å². The van der Waals surface area contributed by atoms with Crippen LogP contribution in [-0.4, -0.2) is 30.0 Å². The summed E-state index contributed by atoms with van der Waals surface area (Å²) in [7, 11) is 0. The summed E-state index contributed by atoms with van der Waals surface area (Å²) in [5, 5.41) is 3.03. The van der Waals surface area contributed by atoms with Crippen LogP contribution in [0.2, 0.25) is 0 Å². The quantitative estimate of drug-likeness (QED) is 0.656. The second kappa shape index (κ2) is 7.12. The smallest absolute Gasteiger partial charge is 0.220 e. The molecule has 0 aliphatic carbocycles. The van der Waals surface area contributed by atoms with Gasteiger partial charge in [-0.3, -0.25) is 4.79 Å². The van der Waals surface area contributed by atoms with Crippen LogP contribution in [0.1, 0.15) is 33.6 Å². The molecule has 4 heteroatoms. The van der Waals surface area contributed by atoms with Crippen LogP contribution in [0.15, 0.2) is 0 Å². The molecular weight excluding hydrogens is 208 g/mol. The molecule has 0 fully saturated rings. The second-order valence-corrected chi connectivity index (χ2v) is 5.41. The molecule has 1 unspecified atom stereocenters. The number of rotatable bonds is 7. The second-order valence-electron chi connectivity index (χ2n) is 4.42. The van der Waals surface area contributed by atoms with Gasteiger partial charge in [-0.15, -0.1) is 0 Å². The average Bonchev–Trinajstić information content (AvgIpc) is 2.17. The summed E-state index contributed by atoms with van der Waals surface area (Å²) in [5.41, 5.74) is 5.42. The van der Waals surface area contributed by atoms with Crippen LogP contribution in [0.3, 0.4) is 0 Å². The molecule has 15 heavy (non-hydrogen) atoms. The third-order valence-electron chi connectivity index (χ3n) is 2.88. The van der Waals surface area contributed by atoms with Crippen LogP contribution >= 0.6 is 11.8 Å². The molecule has 1 atom stereocenters. The Morgan fingerprint density at radius 1 is 1.53 bits per heavy atom. The van der Waals surface area contributed by atoms with Crippen molar-refractivity contribution in [1.82, 2.24) is 5.32 Å². The number of nitrogens with one attached hydrogen (secondary N) is 1. The average molecular weight is 232 g/mol. The first-order valence-corrected chi connectivity index (χ1v) is 6.85. The van der Waals surface area contributed by atoms with Crippen LogP contribution in [0.5, 0.6) is 0 Å². The summed E-state index contributed by atoms with van der Waals surface area (Å²) < 4.78 is 0. The molecule has 1 amide bonds. The number of thioether (sulfide) groups is 1. The molecule has 0 saturated heterocycles. The van der Waals surface area contributed by atoms with E-state index >= 15 is 0 Å². The molecule has 0 rings (SSSR count). The van der Waals surface area contributed by atoms with Gasteiger partial charge in [0, 0.05) is 13.0 Å². The van der Waals surface area contributed by atoms with E-state index in [1.807, 2.05) is 6.92 Å². The Labute approximate surface area is 97.6 Å². The van der Waals surface area contributed by atoms with Crippen LogP contribution in [0, 0.1) is 5.92 Å². The summed E-state index contributed by atoms with van der Waals surface area (Å²) in [6.07, 6.45) is 3.59. The van der Waals surface area contributed by atoms with Gasteiger partial charge in [0.25, 0.3) is 0 Å². The van der Waals surface area contributed by atoms with E-state index in [1.54, 1.807) is 11.8 Å². The lowest BCUT2D eigenvalue weighted by Gasteiger charge is -2.33. The van der Waals surface area contributed by atoms with Gasteiger partial charge >= 0.3 is 0 Å². The maximum Gasteiger partial charge on any atom is 0.220 e. The van der Waals surface area contributed by atoms with Gasteiger partial charge in [0.2, 0.25) is 5.91 Å².